The molecule has 0 aliphatic carbocycles. The second-order valence-electron chi connectivity index (χ2n) is 6.04. The summed E-state index contributed by atoms with van der Waals surface area (Å²) in [4.78, 5) is 31.1. The van der Waals surface area contributed by atoms with Crippen LogP contribution in [0.25, 0.3) is 0 Å². The van der Waals surface area contributed by atoms with Crippen molar-refractivity contribution in [1.82, 2.24) is 9.88 Å². The van der Waals surface area contributed by atoms with Gasteiger partial charge in [-0.05, 0) is 37.0 Å². The summed E-state index contributed by atoms with van der Waals surface area (Å²) in [5, 5.41) is 2.95. The number of carbonyl (C=O) groups is 2. The molecular formula is C19H21N3O2. The van der Waals surface area contributed by atoms with E-state index in [4.69, 9.17) is 0 Å². The van der Waals surface area contributed by atoms with Gasteiger partial charge in [-0.25, -0.2) is 0 Å². The highest BCUT2D eigenvalue weighted by atomic mass is 16.2. The number of likely N-dealkylation sites (tertiary alicyclic amines) is 1. The molecule has 1 atom stereocenters. The Balaban J connectivity index is 1.91. The molecular weight excluding hydrogens is 302 g/mol. The number of anilines is 1. The number of nitrogens with zero attached hydrogens (tertiary/aromatic N) is 2. The van der Waals surface area contributed by atoms with Gasteiger partial charge < -0.3 is 10.2 Å². The first kappa shape index (κ1) is 16.2. The molecule has 2 amide bonds. The van der Waals surface area contributed by atoms with Crippen LogP contribution in [0, 0.1) is 6.92 Å². The van der Waals surface area contributed by atoms with E-state index in [9.17, 15) is 9.59 Å². The SMILES string of the molecule is Cc1cnccc1NC(=O)C(c1ccccc1)N1CCCCC1=O. The van der Waals surface area contributed by atoms with Gasteiger partial charge in [0, 0.05) is 31.0 Å². The Morgan fingerprint density at radius 2 is 2.00 bits per heavy atom. The summed E-state index contributed by atoms with van der Waals surface area (Å²) in [7, 11) is 0. The highest BCUT2D eigenvalue weighted by Crippen LogP contribution is 2.27. The molecule has 2 aromatic rings. The largest absolute Gasteiger partial charge is 0.327 e. The predicted octanol–water partition coefficient (Wildman–Crippen LogP) is 3.08. The topological polar surface area (TPSA) is 62.3 Å². The molecule has 0 spiro atoms. The van der Waals surface area contributed by atoms with Crippen molar-refractivity contribution in [1.29, 1.82) is 0 Å². The summed E-state index contributed by atoms with van der Waals surface area (Å²) in [6, 6.07) is 10.6. The molecule has 124 valence electrons. The first-order valence-corrected chi connectivity index (χ1v) is 8.22. The molecule has 0 radical (unpaired) electrons. The zero-order valence-corrected chi connectivity index (χ0v) is 13.7. The summed E-state index contributed by atoms with van der Waals surface area (Å²) < 4.78 is 0. The number of nitrogens with one attached hydrogen (secondary N) is 1. The predicted molar refractivity (Wildman–Crippen MR) is 92.4 cm³/mol. The average Bonchev–Trinajstić information content (AvgIpc) is 2.60. The van der Waals surface area contributed by atoms with Gasteiger partial charge in [0.15, 0.2) is 0 Å². The van der Waals surface area contributed by atoms with Gasteiger partial charge in [-0.2, -0.15) is 0 Å². The van der Waals surface area contributed by atoms with E-state index >= 15 is 0 Å². The number of aryl methyl sites for hydroxylation is 1. The summed E-state index contributed by atoms with van der Waals surface area (Å²) in [5.41, 5.74) is 2.44. The number of amides is 2. The van der Waals surface area contributed by atoms with Crippen molar-refractivity contribution in [3.05, 3.63) is 59.9 Å². The molecule has 1 aromatic carbocycles. The number of pyridine rings is 1. The van der Waals surface area contributed by atoms with Gasteiger partial charge in [0.05, 0.1) is 0 Å². The zero-order chi connectivity index (χ0) is 16.9. The van der Waals surface area contributed by atoms with E-state index in [1.165, 1.54) is 0 Å². The first-order chi connectivity index (χ1) is 11.7. The van der Waals surface area contributed by atoms with Crippen LogP contribution in [0.5, 0.6) is 0 Å². The highest BCUT2D eigenvalue weighted by molar-refractivity contribution is 5.98. The Morgan fingerprint density at radius 1 is 1.21 bits per heavy atom. The molecule has 1 unspecified atom stereocenters. The fraction of sp³-hybridized carbons (Fsp3) is 0.316. The van der Waals surface area contributed by atoms with E-state index in [0.717, 1.165) is 29.7 Å². The van der Waals surface area contributed by atoms with Gasteiger partial charge in [0.25, 0.3) is 5.91 Å². The van der Waals surface area contributed by atoms with Crippen LogP contribution < -0.4 is 5.32 Å². The van der Waals surface area contributed by atoms with Gasteiger partial charge >= 0.3 is 0 Å². The minimum Gasteiger partial charge on any atom is -0.327 e. The Bertz CT molecular complexity index is 730. The van der Waals surface area contributed by atoms with Crippen molar-refractivity contribution in [2.24, 2.45) is 0 Å². The summed E-state index contributed by atoms with van der Waals surface area (Å²) >= 11 is 0. The van der Waals surface area contributed by atoms with Crippen molar-refractivity contribution < 1.29 is 9.59 Å². The lowest BCUT2D eigenvalue weighted by Crippen LogP contribution is -2.43. The van der Waals surface area contributed by atoms with Crippen LogP contribution in [0.1, 0.15) is 36.4 Å². The Kier molecular flexibility index (Phi) is 4.89. The minimum absolute atomic E-state index is 0.0386. The third kappa shape index (κ3) is 3.45. The molecule has 1 saturated heterocycles. The molecule has 1 aliphatic rings. The minimum atomic E-state index is -0.605. The summed E-state index contributed by atoms with van der Waals surface area (Å²) in [6.07, 6.45) is 5.68. The maximum absolute atomic E-state index is 13.0. The standard InChI is InChI=1S/C19H21N3O2/c1-14-13-20-11-10-16(14)21-19(24)18(15-7-3-2-4-8-15)22-12-6-5-9-17(22)23/h2-4,7-8,10-11,13,18H,5-6,9,12H2,1H3,(H,20,21,24). The van der Waals surface area contributed by atoms with Crippen LogP contribution in [0.4, 0.5) is 5.69 Å². The van der Waals surface area contributed by atoms with E-state index in [-0.39, 0.29) is 11.8 Å². The second-order valence-corrected chi connectivity index (χ2v) is 6.04. The Labute approximate surface area is 141 Å². The fourth-order valence-electron chi connectivity index (χ4n) is 3.02. The molecule has 1 fully saturated rings. The number of carbonyl (C=O) groups excluding carboxylic acids is 2. The maximum Gasteiger partial charge on any atom is 0.251 e. The van der Waals surface area contributed by atoms with Crippen molar-refractivity contribution in [2.75, 3.05) is 11.9 Å². The Morgan fingerprint density at radius 3 is 2.71 bits per heavy atom. The summed E-state index contributed by atoms with van der Waals surface area (Å²) in [5.74, 6) is -0.151. The highest BCUT2D eigenvalue weighted by Gasteiger charge is 2.32. The van der Waals surface area contributed by atoms with E-state index in [2.05, 4.69) is 10.3 Å². The third-order valence-electron chi connectivity index (χ3n) is 4.31. The van der Waals surface area contributed by atoms with E-state index in [1.54, 1.807) is 23.4 Å². The van der Waals surface area contributed by atoms with Crippen LogP contribution in [0.2, 0.25) is 0 Å². The molecule has 5 heteroatoms. The van der Waals surface area contributed by atoms with E-state index < -0.39 is 6.04 Å². The van der Waals surface area contributed by atoms with Crippen molar-refractivity contribution >= 4 is 17.5 Å². The van der Waals surface area contributed by atoms with Crippen LogP contribution >= 0.6 is 0 Å². The lowest BCUT2D eigenvalue weighted by atomic mass is 10.0. The van der Waals surface area contributed by atoms with Gasteiger partial charge in [-0.3, -0.25) is 14.6 Å². The number of piperidine rings is 1. The van der Waals surface area contributed by atoms with Gasteiger partial charge in [-0.15, -0.1) is 0 Å². The van der Waals surface area contributed by atoms with Crippen LogP contribution in [-0.2, 0) is 9.59 Å². The van der Waals surface area contributed by atoms with Crippen LogP contribution in [0.15, 0.2) is 48.8 Å². The first-order valence-electron chi connectivity index (χ1n) is 8.22. The van der Waals surface area contributed by atoms with Crippen molar-refractivity contribution in [2.45, 2.75) is 32.2 Å². The molecule has 2 heterocycles. The quantitative estimate of drug-likeness (QED) is 0.940. The molecule has 1 aromatic heterocycles. The number of aromatic nitrogens is 1. The fourth-order valence-corrected chi connectivity index (χ4v) is 3.02. The molecule has 0 bridgehead atoms. The Hall–Kier alpha value is -2.69. The van der Waals surface area contributed by atoms with Crippen LogP contribution in [0.3, 0.4) is 0 Å². The van der Waals surface area contributed by atoms with E-state index in [1.807, 2.05) is 37.3 Å². The molecule has 1 N–H and O–H groups in total. The number of hydrogen-bond donors (Lipinski definition) is 1. The van der Waals surface area contributed by atoms with Gasteiger partial charge in [0.1, 0.15) is 6.04 Å². The maximum atomic E-state index is 13.0. The monoisotopic (exact) mass is 323 g/mol. The lowest BCUT2D eigenvalue weighted by Gasteiger charge is -2.34. The van der Waals surface area contributed by atoms with E-state index in [0.29, 0.717) is 13.0 Å². The normalized spacial score (nSPS) is 15.9. The molecule has 1 aliphatic heterocycles. The molecule has 0 saturated carbocycles. The number of rotatable bonds is 4. The summed E-state index contributed by atoms with van der Waals surface area (Å²) in [6.45, 7) is 2.51. The molecule has 24 heavy (non-hydrogen) atoms. The molecule has 5 nitrogen and oxygen atoms in total. The smallest absolute Gasteiger partial charge is 0.251 e. The zero-order valence-electron chi connectivity index (χ0n) is 13.7. The number of hydrogen-bond acceptors (Lipinski definition) is 3. The molecule has 3 rings (SSSR count). The van der Waals surface area contributed by atoms with Gasteiger partial charge in [-0.1, -0.05) is 30.3 Å². The lowest BCUT2D eigenvalue weighted by molar-refractivity contribution is -0.141. The second kappa shape index (κ2) is 7.25. The third-order valence-corrected chi connectivity index (χ3v) is 4.31. The average molecular weight is 323 g/mol. The van der Waals surface area contributed by atoms with Crippen molar-refractivity contribution in [3.8, 4) is 0 Å². The van der Waals surface area contributed by atoms with Crippen LogP contribution in [-0.4, -0.2) is 28.2 Å². The van der Waals surface area contributed by atoms with Crippen molar-refractivity contribution in [3.63, 3.8) is 0 Å². The number of benzene rings is 1. The van der Waals surface area contributed by atoms with Gasteiger partial charge in [0.2, 0.25) is 5.91 Å².